The van der Waals surface area contributed by atoms with Crippen LogP contribution in [0.2, 0.25) is 0 Å². The lowest BCUT2D eigenvalue weighted by Gasteiger charge is -2.35. The molecule has 0 bridgehead atoms. The van der Waals surface area contributed by atoms with Crippen LogP contribution in [0, 0.1) is 0 Å². The van der Waals surface area contributed by atoms with E-state index >= 15 is 0 Å². The smallest absolute Gasteiger partial charge is 0.158 e. The van der Waals surface area contributed by atoms with E-state index in [2.05, 4.69) is 14.0 Å². The number of hydrogen-bond donors (Lipinski definition) is 1. The van der Waals surface area contributed by atoms with Gasteiger partial charge in [0.25, 0.3) is 0 Å². The minimum absolute atomic E-state index is 1.69. The molecule has 0 radical (unpaired) electrons. The van der Waals surface area contributed by atoms with Crippen molar-refractivity contribution in [2.24, 2.45) is 5.50 Å². The van der Waals surface area contributed by atoms with Crippen molar-refractivity contribution in [1.29, 1.82) is 0 Å². The van der Waals surface area contributed by atoms with E-state index in [0.29, 0.717) is 0 Å². The minimum atomic E-state index is -1.69. The van der Waals surface area contributed by atoms with Crippen molar-refractivity contribution in [1.82, 2.24) is 14.0 Å². The number of nitrogens with zero attached hydrogens (tertiary/aromatic N) is 3. The molecule has 0 saturated heterocycles. The van der Waals surface area contributed by atoms with Crippen molar-refractivity contribution in [3.05, 3.63) is 0 Å². The molecule has 11 heavy (non-hydrogen) atoms. The predicted molar refractivity (Wildman–Crippen MR) is 52.2 cm³/mol. The second-order valence-electron chi connectivity index (χ2n) is 3.16. The standard InChI is InChI=1S/C6H20N4P/c1-8(2)11(7,9(3)4)10(5)6/h7H2,1-6H3/q+1. The van der Waals surface area contributed by atoms with Crippen LogP contribution in [-0.2, 0) is 0 Å². The molecule has 0 aromatic carbocycles. The van der Waals surface area contributed by atoms with Crippen LogP contribution < -0.4 is 5.50 Å². The van der Waals surface area contributed by atoms with Crippen LogP contribution in [0.25, 0.3) is 0 Å². The highest BCUT2D eigenvalue weighted by molar-refractivity contribution is 7.66. The molecule has 0 aliphatic rings. The molecule has 68 valence electrons. The number of hydrogen-bond acceptors (Lipinski definition) is 4. The fourth-order valence-electron chi connectivity index (χ4n) is 1.07. The van der Waals surface area contributed by atoms with Crippen molar-refractivity contribution in [2.75, 3.05) is 42.3 Å². The van der Waals surface area contributed by atoms with Gasteiger partial charge in [0.1, 0.15) is 0 Å². The zero-order valence-electron chi connectivity index (χ0n) is 8.37. The Labute approximate surface area is 70.5 Å². The van der Waals surface area contributed by atoms with Crippen molar-refractivity contribution < 1.29 is 0 Å². The lowest BCUT2D eigenvalue weighted by Crippen LogP contribution is -2.40. The van der Waals surface area contributed by atoms with Gasteiger partial charge >= 0.3 is 7.87 Å². The van der Waals surface area contributed by atoms with E-state index in [1.807, 2.05) is 42.3 Å². The SMILES string of the molecule is CN(C)[P+](N)(N(C)C)N(C)C. The van der Waals surface area contributed by atoms with Gasteiger partial charge in [-0.2, -0.15) is 5.50 Å². The van der Waals surface area contributed by atoms with E-state index < -0.39 is 7.87 Å². The van der Waals surface area contributed by atoms with Gasteiger partial charge in [0.2, 0.25) is 0 Å². The van der Waals surface area contributed by atoms with Gasteiger partial charge in [0, 0.05) is 42.3 Å². The van der Waals surface area contributed by atoms with E-state index in [-0.39, 0.29) is 0 Å². The fraction of sp³-hybridized carbons (Fsp3) is 1.00. The zero-order chi connectivity index (χ0) is 9.23. The maximum atomic E-state index is 6.22. The first kappa shape index (κ1) is 11.3. The summed E-state index contributed by atoms with van der Waals surface area (Å²) in [6.45, 7) is 0. The average molecular weight is 179 g/mol. The summed E-state index contributed by atoms with van der Waals surface area (Å²) in [5, 5.41) is 0. The highest BCUT2D eigenvalue weighted by Gasteiger charge is 2.43. The van der Waals surface area contributed by atoms with Gasteiger partial charge in [-0.25, -0.2) is 0 Å². The summed E-state index contributed by atoms with van der Waals surface area (Å²) in [7, 11) is 10.4. The van der Waals surface area contributed by atoms with Crippen LogP contribution in [0.5, 0.6) is 0 Å². The molecule has 0 aromatic heterocycles. The Morgan fingerprint density at radius 1 is 0.727 bits per heavy atom. The van der Waals surface area contributed by atoms with Gasteiger partial charge in [0.05, 0.1) is 0 Å². The monoisotopic (exact) mass is 179 g/mol. The third-order valence-electron chi connectivity index (χ3n) is 1.77. The molecule has 0 aliphatic carbocycles. The van der Waals surface area contributed by atoms with Gasteiger partial charge in [0.15, 0.2) is 0 Å². The Kier molecular flexibility index (Phi) is 3.88. The first-order valence-corrected chi connectivity index (χ1v) is 5.26. The van der Waals surface area contributed by atoms with Crippen LogP contribution in [0.3, 0.4) is 0 Å². The Bertz CT molecular complexity index is 102. The van der Waals surface area contributed by atoms with E-state index in [1.165, 1.54) is 0 Å². The topological polar surface area (TPSA) is 35.7 Å². The molecule has 0 saturated carbocycles. The quantitative estimate of drug-likeness (QED) is 0.632. The van der Waals surface area contributed by atoms with Crippen molar-refractivity contribution in [3.8, 4) is 0 Å². The second kappa shape index (κ2) is 3.78. The molecule has 0 unspecified atom stereocenters. The summed E-state index contributed by atoms with van der Waals surface area (Å²) in [6.07, 6.45) is 0. The number of nitrogens with two attached hydrogens (primary N) is 1. The normalized spacial score (nSPS) is 13.6. The first-order valence-electron chi connectivity index (χ1n) is 3.54. The zero-order valence-corrected chi connectivity index (χ0v) is 9.26. The Balaban J connectivity index is 4.53. The van der Waals surface area contributed by atoms with Gasteiger partial charge in [-0.1, -0.05) is 0 Å². The lowest BCUT2D eigenvalue weighted by molar-refractivity contribution is 0.460. The molecular formula is C6H20N4P+. The molecule has 0 rings (SSSR count). The Morgan fingerprint density at radius 2 is 0.909 bits per heavy atom. The second-order valence-corrected chi connectivity index (χ2v) is 6.79. The predicted octanol–water partition coefficient (Wildman–Crippen LogP) is 0.308. The van der Waals surface area contributed by atoms with Crippen LogP contribution >= 0.6 is 7.87 Å². The third-order valence-corrected chi connectivity index (χ3v) is 5.30. The number of rotatable bonds is 3. The molecule has 0 atom stereocenters. The summed E-state index contributed by atoms with van der Waals surface area (Å²) in [5.41, 5.74) is 6.22. The average Bonchev–Trinajstić information content (AvgIpc) is 1.84. The molecule has 0 fully saturated rings. The van der Waals surface area contributed by atoms with E-state index in [9.17, 15) is 0 Å². The molecular weight excluding hydrogens is 159 g/mol. The molecule has 4 nitrogen and oxygen atoms in total. The highest BCUT2D eigenvalue weighted by Crippen LogP contribution is 2.55. The fourth-order valence-corrected chi connectivity index (χ4v) is 3.22. The molecule has 5 heteroatoms. The van der Waals surface area contributed by atoms with Gasteiger partial charge in [-0.05, 0) is 0 Å². The molecule has 0 aliphatic heterocycles. The molecule has 0 spiro atoms. The summed E-state index contributed by atoms with van der Waals surface area (Å²) >= 11 is 0. The van der Waals surface area contributed by atoms with Gasteiger partial charge < -0.3 is 0 Å². The summed E-state index contributed by atoms with van der Waals surface area (Å²) < 4.78 is 6.23. The van der Waals surface area contributed by atoms with Crippen molar-refractivity contribution in [2.45, 2.75) is 0 Å². The van der Waals surface area contributed by atoms with Gasteiger partial charge in [-0.15, -0.1) is 14.0 Å². The van der Waals surface area contributed by atoms with Gasteiger partial charge in [-0.3, -0.25) is 0 Å². The minimum Gasteiger partial charge on any atom is -0.158 e. The summed E-state index contributed by atoms with van der Waals surface area (Å²) in [6, 6.07) is 0. The Morgan fingerprint density at radius 3 is 0.909 bits per heavy atom. The van der Waals surface area contributed by atoms with Crippen molar-refractivity contribution >= 4 is 7.87 Å². The molecule has 2 N–H and O–H groups in total. The van der Waals surface area contributed by atoms with E-state index in [1.54, 1.807) is 0 Å². The first-order chi connectivity index (χ1) is 4.83. The largest absolute Gasteiger partial charge is 0.301 e. The van der Waals surface area contributed by atoms with Crippen LogP contribution in [0.1, 0.15) is 0 Å². The maximum Gasteiger partial charge on any atom is 0.301 e. The third kappa shape index (κ3) is 2.10. The van der Waals surface area contributed by atoms with Crippen LogP contribution in [0.15, 0.2) is 0 Å². The summed E-state index contributed by atoms with van der Waals surface area (Å²) in [4.78, 5) is 0. The maximum absolute atomic E-state index is 6.22. The summed E-state index contributed by atoms with van der Waals surface area (Å²) in [5.74, 6) is 0. The Hall–Kier alpha value is 0.270. The lowest BCUT2D eigenvalue weighted by atomic mass is 11.2. The van der Waals surface area contributed by atoms with E-state index in [0.717, 1.165) is 0 Å². The van der Waals surface area contributed by atoms with Crippen LogP contribution in [-0.4, -0.2) is 56.3 Å². The van der Waals surface area contributed by atoms with Crippen molar-refractivity contribution in [3.63, 3.8) is 0 Å². The van der Waals surface area contributed by atoms with Crippen LogP contribution in [0.4, 0.5) is 0 Å². The molecule has 0 aromatic rings. The molecule has 0 heterocycles. The van der Waals surface area contributed by atoms with E-state index in [4.69, 9.17) is 5.50 Å². The highest BCUT2D eigenvalue weighted by atomic mass is 31.2. The molecule has 0 amide bonds.